The van der Waals surface area contributed by atoms with Crippen molar-refractivity contribution < 1.29 is 9.90 Å². The molecule has 3 rings (SSSR count). The molecule has 122 valence electrons. The molecule has 24 heavy (non-hydrogen) atoms. The molecule has 0 atom stereocenters. The highest BCUT2D eigenvalue weighted by molar-refractivity contribution is 14.1. The number of thiocarbonyl (C=S) groups is 1. The molecule has 6 heteroatoms. The molecule has 3 nitrogen and oxygen atoms in total. The average molecular weight is 467 g/mol. The lowest BCUT2D eigenvalue weighted by Crippen LogP contribution is -2.27. The first-order valence-corrected chi connectivity index (χ1v) is 9.54. The van der Waals surface area contributed by atoms with E-state index in [1.165, 1.54) is 11.8 Å². The standard InChI is InChI=1S/C18H14INO2S2/c1-11-7-14(19)8-13(16(11)21)9-15-17(22)20(18(23)24-15)10-12-5-3-2-4-6-12/h2-9,21H,10H2,1H3/b15-9+. The number of aryl methyl sites for hydroxylation is 1. The minimum Gasteiger partial charge on any atom is -0.507 e. The smallest absolute Gasteiger partial charge is 0.266 e. The Morgan fingerprint density at radius 3 is 2.71 bits per heavy atom. The fourth-order valence-electron chi connectivity index (χ4n) is 2.41. The lowest BCUT2D eigenvalue weighted by Gasteiger charge is -2.14. The van der Waals surface area contributed by atoms with E-state index in [1.54, 1.807) is 11.0 Å². The zero-order valence-electron chi connectivity index (χ0n) is 12.8. The predicted octanol–water partition coefficient (Wildman–Crippen LogP) is 4.71. The Hall–Kier alpha value is -1.38. The Kier molecular flexibility index (Phi) is 5.27. The van der Waals surface area contributed by atoms with Gasteiger partial charge in [-0.15, -0.1) is 0 Å². The van der Waals surface area contributed by atoms with Gasteiger partial charge in [-0.1, -0.05) is 54.3 Å². The van der Waals surface area contributed by atoms with Crippen LogP contribution in [0.5, 0.6) is 5.75 Å². The van der Waals surface area contributed by atoms with E-state index in [2.05, 4.69) is 22.6 Å². The summed E-state index contributed by atoms with van der Waals surface area (Å²) in [6.45, 7) is 2.30. The van der Waals surface area contributed by atoms with Crippen LogP contribution < -0.4 is 0 Å². The van der Waals surface area contributed by atoms with Gasteiger partial charge < -0.3 is 5.11 Å². The van der Waals surface area contributed by atoms with Crippen molar-refractivity contribution in [2.45, 2.75) is 13.5 Å². The molecule has 0 bridgehead atoms. The predicted molar refractivity (Wildman–Crippen MR) is 111 cm³/mol. The molecule has 1 amide bonds. The third-order valence-corrected chi connectivity index (χ3v) is 5.64. The number of aromatic hydroxyl groups is 1. The van der Waals surface area contributed by atoms with Crippen molar-refractivity contribution in [3.63, 3.8) is 0 Å². The van der Waals surface area contributed by atoms with Crippen molar-refractivity contribution in [3.05, 3.63) is 67.6 Å². The third-order valence-electron chi connectivity index (χ3n) is 3.64. The van der Waals surface area contributed by atoms with Crippen LogP contribution in [0.3, 0.4) is 0 Å². The molecule has 1 fully saturated rings. The van der Waals surface area contributed by atoms with Gasteiger partial charge in [-0.3, -0.25) is 9.69 Å². The highest BCUT2D eigenvalue weighted by atomic mass is 127. The second-order valence-corrected chi connectivity index (χ2v) is 8.34. The number of halogens is 1. The van der Waals surface area contributed by atoms with Crippen LogP contribution in [-0.4, -0.2) is 20.2 Å². The molecule has 1 aliphatic heterocycles. The van der Waals surface area contributed by atoms with Gasteiger partial charge in [0.2, 0.25) is 0 Å². The molecule has 1 saturated heterocycles. The number of phenols is 1. The van der Waals surface area contributed by atoms with Crippen LogP contribution in [0.2, 0.25) is 0 Å². The van der Waals surface area contributed by atoms with Gasteiger partial charge in [0, 0.05) is 9.13 Å². The molecule has 2 aromatic rings. The van der Waals surface area contributed by atoms with Gasteiger partial charge in [0.15, 0.2) is 0 Å². The van der Waals surface area contributed by atoms with Gasteiger partial charge >= 0.3 is 0 Å². The van der Waals surface area contributed by atoms with Gasteiger partial charge in [0.25, 0.3) is 5.91 Å². The maximum Gasteiger partial charge on any atom is 0.266 e. The number of rotatable bonds is 3. The number of hydrogen-bond donors (Lipinski definition) is 1. The second-order valence-electron chi connectivity index (χ2n) is 5.41. The number of thioether (sulfide) groups is 1. The molecule has 0 spiro atoms. The molecule has 0 unspecified atom stereocenters. The zero-order valence-corrected chi connectivity index (χ0v) is 16.6. The summed E-state index contributed by atoms with van der Waals surface area (Å²) < 4.78 is 1.55. The highest BCUT2D eigenvalue weighted by Crippen LogP contribution is 2.36. The van der Waals surface area contributed by atoms with Crippen LogP contribution in [0.1, 0.15) is 16.7 Å². The molecule has 0 aromatic heterocycles. The summed E-state index contributed by atoms with van der Waals surface area (Å²) in [6.07, 6.45) is 1.72. The van der Waals surface area contributed by atoms with Crippen molar-refractivity contribution in [1.29, 1.82) is 0 Å². The monoisotopic (exact) mass is 467 g/mol. The van der Waals surface area contributed by atoms with Gasteiger partial charge in [-0.25, -0.2) is 0 Å². The van der Waals surface area contributed by atoms with Crippen LogP contribution >= 0.6 is 46.6 Å². The number of nitrogens with zero attached hydrogens (tertiary/aromatic N) is 1. The van der Waals surface area contributed by atoms with Gasteiger partial charge in [0.1, 0.15) is 10.1 Å². The molecule has 0 aliphatic carbocycles. The van der Waals surface area contributed by atoms with E-state index in [0.29, 0.717) is 21.3 Å². The summed E-state index contributed by atoms with van der Waals surface area (Å²) in [5.74, 6) is 0.0773. The van der Waals surface area contributed by atoms with E-state index >= 15 is 0 Å². The zero-order chi connectivity index (χ0) is 17.3. The van der Waals surface area contributed by atoms with Crippen LogP contribution in [0, 0.1) is 10.5 Å². The maximum atomic E-state index is 12.7. The van der Waals surface area contributed by atoms with Crippen molar-refractivity contribution in [2.75, 3.05) is 0 Å². The minimum atomic E-state index is -0.121. The summed E-state index contributed by atoms with van der Waals surface area (Å²) >= 11 is 8.82. The van der Waals surface area contributed by atoms with Gasteiger partial charge in [0.05, 0.1) is 11.4 Å². The Morgan fingerprint density at radius 2 is 2.00 bits per heavy atom. The van der Waals surface area contributed by atoms with E-state index in [-0.39, 0.29) is 11.7 Å². The maximum absolute atomic E-state index is 12.7. The number of carbonyl (C=O) groups is 1. The van der Waals surface area contributed by atoms with E-state index in [9.17, 15) is 9.90 Å². The van der Waals surface area contributed by atoms with Gasteiger partial charge in [-0.2, -0.15) is 0 Å². The summed E-state index contributed by atoms with van der Waals surface area (Å²) in [6, 6.07) is 13.5. The van der Waals surface area contributed by atoms with Gasteiger partial charge in [-0.05, 0) is 58.9 Å². The molecule has 1 N–H and O–H groups in total. The minimum absolute atomic E-state index is 0.121. The van der Waals surface area contributed by atoms with Crippen LogP contribution in [0.25, 0.3) is 6.08 Å². The molecular formula is C18H14INO2S2. The fraction of sp³-hybridized carbons (Fsp3) is 0.111. The fourth-order valence-corrected chi connectivity index (χ4v) is 4.46. The Labute approximate surface area is 163 Å². The summed E-state index contributed by atoms with van der Waals surface area (Å²) in [4.78, 5) is 14.8. The van der Waals surface area contributed by atoms with E-state index < -0.39 is 0 Å². The number of hydrogen-bond acceptors (Lipinski definition) is 4. The summed E-state index contributed by atoms with van der Waals surface area (Å²) in [7, 11) is 0. The van der Waals surface area contributed by atoms with Crippen molar-refractivity contribution >= 4 is 62.9 Å². The SMILES string of the molecule is Cc1cc(I)cc(/C=C2/SC(=S)N(Cc3ccccc3)C2=O)c1O. The van der Waals surface area contributed by atoms with E-state index in [0.717, 1.165) is 14.7 Å². The average Bonchev–Trinajstić information content (AvgIpc) is 2.81. The molecule has 1 heterocycles. The normalized spacial score (nSPS) is 16.2. The van der Waals surface area contributed by atoms with Crippen LogP contribution in [0.4, 0.5) is 0 Å². The number of phenolic OH excluding ortho intramolecular Hbond substituents is 1. The van der Waals surface area contributed by atoms with Crippen molar-refractivity contribution in [1.82, 2.24) is 4.90 Å². The second kappa shape index (κ2) is 7.25. The molecule has 0 saturated carbocycles. The lowest BCUT2D eigenvalue weighted by atomic mass is 10.1. The topological polar surface area (TPSA) is 40.5 Å². The van der Waals surface area contributed by atoms with Crippen LogP contribution in [0.15, 0.2) is 47.4 Å². The Morgan fingerprint density at radius 1 is 1.29 bits per heavy atom. The molecular weight excluding hydrogens is 453 g/mol. The van der Waals surface area contributed by atoms with Crippen LogP contribution in [-0.2, 0) is 11.3 Å². The number of carbonyl (C=O) groups excluding carboxylic acids is 1. The van der Waals surface area contributed by atoms with E-state index in [4.69, 9.17) is 12.2 Å². The van der Waals surface area contributed by atoms with Crippen molar-refractivity contribution in [3.8, 4) is 5.75 Å². The number of benzene rings is 2. The lowest BCUT2D eigenvalue weighted by molar-refractivity contribution is -0.122. The van der Waals surface area contributed by atoms with E-state index in [1.807, 2.05) is 49.4 Å². The first-order valence-electron chi connectivity index (χ1n) is 7.24. The third kappa shape index (κ3) is 3.65. The molecule has 2 aromatic carbocycles. The molecule has 1 aliphatic rings. The largest absolute Gasteiger partial charge is 0.507 e. The first-order chi connectivity index (χ1) is 11.5. The Balaban J connectivity index is 1.89. The first kappa shape index (κ1) is 17.4. The quantitative estimate of drug-likeness (QED) is 0.404. The summed E-state index contributed by atoms with van der Waals surface area (Å²) in [5, 5.41) is 10.2. The molecule has 0 radical (unpaired) electrons. The van der Waals surface area contributed by atoms with Crippen molar-refractivity contribution in [2.24, 2.45) is 0 Å². The highest BCUT2D eigenvalue weighted by Gasteiger charge is 2.32. The summed E-state index contributed by atoms with van der Waals surface area (Å²) in [5.41, 5.74) is 2.45. The number of amides is 1. The Bertz CT molecular complexity index is 850.